The Morgan fingerprint density at radius 2 is 1.83 bits per heavy atom. The minimum atomic E-state index is -3.04. The highest BCUT2D eigenvalue weighted by Crippen LogP contribution is 2.20. The average Bonchev–Trinajstić information content (AvgIpc) is 2.29. The molecule has 0 aromatic carbocycles. The topological polar surface area (TPSA) is 66.6 Å². The van der Waals surface area contributed by atoms with E-state index in [2.05, 4.69) is 19.0 Å². The first-order chi connectivity index (χ1) is 8.45. The predicted molar refractivity (Wildman–Crippen MR) is 74.9 cm³/mol. The predicted octanol–water partition coefficient (Wildman–Crippen LogP) is 0.329. The van der Waals surface area contributed by atoms with Crippen LogP contribution in [0, 0.1) is 5.92 Å². The molecule has 1 fully saturated rings. The maximum atomic E-state index is 12.1. The quantitative estimate of drug-likeness (QED) is 0.681. The molecule has 2 N–H and O–H groups in total. The molecule has 1 aliphatic heterocycles. The molecule has 0 unspecified atom stereocenters. The largest absolute Gasteiger partial charge is 0.330 e. The van der Waals surface area contributed by atoms with Crippen LogP contribution < -0.4 is 5.73 Å². The molecule has 0 aromatic heterocycles. The molecule has 0 spiro atoms. The van der Waals surface area contributed by atoms with Crippen molar-refractivity contribution in [1.82, 2.24) is 9.21 Å². The van der Waals surface area contributed by atoms with Crippen LogP contribution in [0.4, 0.5) is 0 Å². The third kappa shape index (κ3) is 5.22. The molecule has 0 bridgehead atoms. The van der Waals surface area contributed by atoms with Gasteiger partial charge < -0.3 is 10.6 Å². The van der Waals surface area contributed by atoms with Gasteiger partial charge in [-0.25, -0.2) is 12.7 Å². The van der Waals surface area contributed by atoms with Crippen molar-refractivity contribution in [2.24, 2.45) is 11.7 Å². The first-order valence-electron chi connectivity index (χ1n) is 6.78. The van der Waals surface area contributed by atoms with Crippen molar-refractivity contribution in [3.05, 3.63) is 0 Å². The molecule has 0 atom stereocenters. The van der Waals surface area contributed by atoms with Crippen LogP contribution in [0.2, 0.25) is 0 Å². The summed E-state index contributed by atoms with van der Waals surface area (Å²) in [6.07, 6.45) is 3.43. The lowest BCUT2D eigenvalue weighted by molar-refractivity contribution is 0.225. The van der Waals surface area contributed by atoms with Gasteiger partial charge in [0.15, 0.2) is 0 Å². The van der Waals surface area contributed by atoms with E-state index in [1.807, 2.05) is 0 Å². The number of nitrogens with two attached hydrogens (primary N) is 1. The number of piperidine rings is 1. The number of hydrogen-bond donors (Lipinski definition) is 1. The van der Waals surface area contributed by atoms with Crippen LogP contribution in [0.15, 0.2) is 0 Å². The summed E-state index contributed by atoms with van der Waals surface area (Å²) in [4.78, 5) is 2.18. The summed E-state index contributed by atoms with van der Waals surface area (Å²) in [7, 11) is 1.09. The van der Waals surface area contributed by atoms with Gasteiger partial charge in [0, 0.05) is 19.6 Å². The van der Waals surface area contributed by atoms with Crippen LogP contribution in [0.25, 0.3) is 0 Å². The summed E-state index contributed by atoms with van der Waals surface area (Å²) in [5, 5.41) is 0. The van der Waals surface area contributed by atoms with Crippen LogP contribution in [-0.2, 0) is 10.0 Å². The minimum absolute atomic E-state index is 0.253. The van der Waals surface area contributed by atoms with Crippen LogP contribution >= 0.6 is 0 Å². The van der Waals surface area contributed by atoms with Crippen LogP contribution in [0.3, 0.4) is 0 Å². The second-order valence-corrected chi connectivity index (χ2v) is 7.50. The van der Waals surface area contributed by atoms with E-state index in [9.17, 15) is 8.42 Å². The molecule has 108 valence electrons. The molecule has 18 heavy (non-hydrogen) atoms. The van der Waals surface area contributed by atoms with E-state index in [0.29, 0.717) is 32.0 Å². The fourth-order valence-electron chi connectivity index (χ4n) is 2.44. The van der Waals surface area contributed by atoms with Gasteiger partial charge in [0.25, 0.3) is 0 Å². The SMILES string of the molecule is CN(C)CC1CCN(S(=O)(=O)CCCCN)CC1. The average molecular weight is 277 g/mol. The Hall–Kier alpha value is -0.170. The van der Waals surface area contributed by atoms with Gasteiger partial charge in [-0.3, -0.25) is 0 Å². The van der Waals surface area contributed by atoms with Gasteiger partial charge in [-0.15, -0.1) is 0 Å². The molecular formula is C12H27N3O2S. The number of hydrogen-bond acceptors (Lipinski definition) is 4. The van der Waals surface area contributed by atoms with Crippen molar-refractivity contribution in [2.45, 2.75) is 25.7 Å². The summed E-state index contributed by atoms with van der Waals surface area (Å²) < 4.78 is 25.8. The Labute approximate surface area is 111 Å². The Bertz CT molecular complexity index is 322. The molecule has 0 aromatic rings. The van der Waals surface area contributed by atoms with E-state index >= 15 is 0 Å². The van der Waals surface area contributed by atoms with Gasteiger partial charge in [-0.05, 0) is 52.2 Å². The molecule has 0 radical (unpaired) electrons. The van der Waals surface area contributed by atoms with E-state index in [1.165, 1.54) is 0 Å². The highest BCUT2D eigenvalue weighted by atomic mass is 32.2. The van der Waals surface area contributed by atoms with E-state index in [1.54, 1.807) is 4.31 Å². The molecule has 6 heteroatoms. The fourth-order valence-corrected chi connectivity index (χ4v) is 4.04. The zero-order chi connectivity index (χ0) is 13.6. The molecule has 1 heterocycles. The van der Waals surface area contributed by atoms with E-state index in [-0.39, 0.29) is 5.75 Å². The number of sulfonamides is 1. The van der Waals surface area contributed by atoms with Gasteiger partial charge in [0.1, 0.15) is 0 Å². The van der Waals surface area contributed by atoms with Gasteiger partial charge in [-0.1, -0.05) is 0 Å². The standard InChI is InChI=1S/C12H27N3O2S/c1-14(2)11-12-5-8-15(9-6-12)18(16,17)10-4-3-7-13/h12H,3-11,13H2,1-2H3. The number of nitrogens with zero attached hydrogens (tertiary/aromatic N) is 2. The third-order valence-electron chi connectivity index (χ3n) is 3.45. The van der Waals surface area contributed by atoms with Crippen LogP contribution in [0.5, 0.6) is 0 Å². The van der Waals surface area contributed by atoms with Crippen LogP contribution in [0.1, 0.15) is 25.7 Å². The lowest BCUT2D eigenvalue weighted by Gasteiger charge is -2.32. The van der Waals surface area contributed by atoms with Crippen molar-refractivity contribution in [2.75, 3.05) is 46.0 Å². The zero-order valence-corrected chi connectivity index (χ0v) is 12.5. The molecule has 0 saturated carbocycles. The first kappa shape index (κ1) is 15.9. The van der Waals surface area contributed by atoms with Gasteiger partial charge in [0.05, 0.1) is 5.75 Å². The summed E-state index contributed by atoms with van der Waals surface area (Å²) in [6, 6.07) is 0. The Morgan fingerprint density at radius 1 is 1.22 bits per heavy atom. The van der Waals surface area contributed by atoms with Crippen molar-refractivity contribution >= 4 is 10.0 Å². The summed E-state index contributed by atoms with van der Waals surface area (Å²) >= 11 is 0. The third-order valence-corrected chi connectivity index (χ3v) is 5.40. The fraction of sp³-hybridized carbons (Fsp3) is 1.00. The number of rotatable bonds is 7. The molecule has 0 aliphatic carbocycles. The van der Waals surface area contributed by atoms with E-state index in [0.717, 1.165) is 25.8 Å². The highest BCUT2D eigenvalue weighted by molar-refractivity contribution is 7.89. The maximum Gasteiger partial charge on any atom is 0.214 e. The molecule has 1 aliphatic rings. The summed E-state index contributed by atoms with van der Waals surface area (Å²) in [5.41, 5.74) is 5.39. The molecule has 1 rings (SSSR count). The minimum Gasteiger partial charge on any atom is -0.330 e. The second kappa shape index (κ2) is 7.43. The first-order valence-corrected chi connectivity index (χ1v) is 8.39. The molecule has 1 saturated heterocycles. The monoisotopic (exact) mass is 277 g/mol. The maximum absolute atomic E-state index is 12.1. The molecular weight excluding hydrogens is 250 g/mol. The van der Waals surface area contributed by atoms with Crippen molar-refractivity contribution in [1.29, 1.82) is 0 Å². The summed E-state index contributed by atoms with van der Waals surface area (Å²) in [5.74, 6) is 0.887. The van der Waals surface area contributed by atoms with Crippen molar-refractivity contribution in [3.8, 4) is 0 Å². The Balaban J connectivity index is 2.37. The van der Waals surface area contributed by atoms with Crippen molar-refractivity contribution in [3.63, 3.8) is 0 Å². The lowest BCUT2D eigenvalue weighted by Crippen LogP contribution is -2.41. The smallest absolute Gasteiger partial charge is 0.214 e. The summed E-state index contributed by atoms with van der Waals surface area (Å²) in [6.45, 7) is 2.99. The van der Waals surface area contributed by atoms with E-state index < -0.39 is 10.0 Å². The zero-order valence-electron chi connectivity index (χ0n) is 11.6. The van der Waals surface area contributed by atoms with Crippen molar-refractivity contribution < 1.29 is 8.42 Å². The number of unbranched alkanes of at least 4 members (excludes halogenated alkanes) is 1. The highest BCUT2D eigenvalue weighted by Gasteiger charge is 2.27. The van der Waals surface area contributed by atoms with Gasteiger partial charge in [-0.2, -0.15) is 0 Å². The van der Waals surface area contributed by atoms with Gasteiger partial charge in [0.2, 0.25) is 10.0 Å². The second-order valence-electron chi connectivity index (χ2n) is 5.42. The van der Waals surface area contributed by atoms with Gasteiger partial charge >= 0.3 is 0 Å². The van der Waals surface area contributed by atoms with Crippen LogP contribution in [-0.4, -0.2) is 63.7 Å². The van der Waals surface area contributed by atoms with E-state index in [4.69, 9.17) is 5.73 Å². The molecule has 0 amide bonds. The normalized spacial score (nSPS) is 19.6. The Kier molecular flexibility index (Phi) is 6.55. The Morgan fingerprint density at radius 3 is 2.33 bits per heavy atom. The lowest BCUT2D eigenvalue weighted by atomic mass is 9.98. The molecule has 5 nitrogen and oxygen atoms in total.